The number of carbonyl (C=O) groups excluding carboxylic acids is 4. The lowest BCUT2D eigenvalue weighted by molar-refractivity contribution is -0.143. The number of primary amides is 1. The normalized spacial score (nSPS) is 18.5. The Morgan fingerprint density at radius 2 is 1.66 bits per heavy atom. The van der Waals surface area contributed by atoms with E-state index in [1.807, 2.05) is 12.5 Å². The van der Waals surface area contributed by atoms with Crippen LogP contribution in [0, 0.1) is 0 Å². The summed E-state index contributed by atoms with van der Waals surface area (Å²) in [5.41, 5.74) is 10.9. The molecule has 1 rings (SSSR count). The van der Waals surface area contributed by atoms with Crippen LogP contribution in [-0.2, 0) is 24.0 Å². The van der Waals surface area contributed by atoms with Crippen molar-refractivity contribution in [3.8, 4) is 0 Å². The smallest absolute Gasteiger partial charge is 0.326 e. The monoisotopic (exact) mass is 491 g/mol. The van der Waals surface area contributed by atoms with Crippen molar-refractivity contribution in [3.63, 3.8) is 0 Å². The number of carboxylic acid groups (broad SMARTS) is 1. The Kier molecular flexibility index (Phi) is 12.5. The molecule has 0 aliphatic carbocycles. The second-order valence-electron chi connectivity index (χ2n) is 7.49. The maximum atomic E-state index is 12.9. The van der Waals surface area contributed by atoms with Crippen molar-refractivity contribution in [2.24, 2.45) is 11.5 Å². The molecule has 0 saturated carbocycles. The average Bonchev–Trinajstić information content (AvgIpc) is 3.22. The van der Waals surface area contributed by atoms with Crippen molar-refractivity contribution in [3.05, 3.63) is 0 Å². The van der Waals surface area contributed by atoms with Crippen LogP contribution in [0.5, 0.6) is 0 Å². The Morgan fingerprint density at radius 1 is 1.06 bits per heavy atom. The second kappa shape index (κ2) is 14.2. The molecule has 1 aliphatic heterocycles. The molecule has 4 amide bonds. The van der Waals surface area contributed by atoms with Crippen molar-refractivity contribution < 1.29 is 29.1 Å². The lowest BCUT2D eigenvalue weighted by Gasteiger charge is -2.28. The number of hydrogen-bond donors (Lipinski definition) is 5. The molecule has 11 nitrogen and oxygen atoms in total. The summed E-state index contributed by atoms with van der Waals surface area (Å²) >= 11 is 2.95. The lowest BCUT2D eigenvalue weighted by atomic mass is 10.1. The third-order valence-corrected chi connectivity index (χ3v) is 6.33. The molecule has 1 aliphatic rings. The summed E-state index contributed by atoms with van der Waals surface area (Å²) in [5.74, 6) is -2.37. The van der Waals surface area contributed by atoms with Gasteiger partial charge in [0.2, 0.25) is 23.6 Å². The van der Waals surface area contributed by atoms with Gasteiger partial charge in [0.1, 0.15) is 18.1 Å². The van der Waals surface area contributed by atoms with E-state index in [1.165, 1.54) is 28.4 Å². The Balaban J connectivity index is 2.87. The minimum Gasteiger partial charge on any atom is -0.480 e. The van der Waals surface area contributed by atoms with Crippen molar-refractivity contribution in [1.29, 1.82) is 0 Å². The number of thioether (sulfide) groups is 2. The SMILES string of the molecule is CSCCC(NC(=O)C(CCSC)NC(=O)C1CCCN1C(=O)C(N)CC(N)=O)C(=O)O. The van der Waals surface area contributed by atoms with Gasteiger partial charge in [-0.1, -0.05) is 0 Å². The van der Waals surface area contributed by atoms with E-state index in [1.54, 1.807) is 0 Å². The highest BCUT2D eigenvalue weighted by Gasteiger charge is 2.38. The Hall–Kier alpha value is -1.99. The molecule has 182 valence electrons. The second-order valence-corrected chi connectivity index (χ2v) is 9.46. The zero-order chi connectivity index (χ0) is 24.3. The predicted molar refractivity (Wildman–Crippen MR) is 124 cm³/mol. The molecular weight excluding hydrogens is 458 g/mol. The third kappa shape index (κ3) is 8.87. The van der Waals surface area contributed by atoms with E-state index in [4.69, 9.17) is 11.5 Å². The summed E-state index contributed by atoms with van der Waals surface area (Å²) < 4.78 is 0. The molecular formula is C19H33N5O6S2. The van der Waals surface area contributed by atoms with Gasteiger partial charge in [0.05, 0.1) is 12.5 Å². The number of amides is 4. The molecule has 7 N–H and O–H groups in total. The molecule has 0 aromatic carbocycles. The minimum absolute atomic E-state index is 0.258. The fraction of sp³-hybridized carbons (Fsp3) is 0.737. The van der Waals surface area contributed by atoms with Crippen LogP contribution in [-0.4, -0.2) is 94.3 Å². The highest BCUT2D eigenvalue weighted by Crippen LogP contribution is 2.19. The van der Waals surface area contributed by atoms with Gasteiger partial charge in [0, 0.05) is 6.54 Å². The van der Waals surface area contributed by atoms with Crippen molar-refractivity contribution >= 4 is 53.1 Å². The van der Waals surface area contributed by atoms with Crippen LogP contribution in [0.1, 0.15) is 32.1 Å². The number of nitrogens with zero attached hydrogens (tertiary/aromatic N) is 1. The van der Waals surface area contributed by atoms with E-state index in [9.17, 15) is 29.1 Å². The molecule has 4 unspecified atom stereocenters. The lowest BCUT2D eigenvalue weighted by Crippen LogP contribution is -2.57. The molecule has 13 heteroatoms. The van der Waals surface area contributed by atoms with Gasteiger partial charge in [-0.05, 0) is 49.7 Å². The molecule has 0 bridgehead atoms. The first-order valence-electron chi connectivity index (χ1n) is 10.3. The quantitative estimate of drug-likeness (QED) is 0.198. The number of carboxylic acids is 1. The Bertz CT molecular complexity index is 695. The van der Waals surface area contributed by atoms with Crippen LogP contribution < -0.4 is 22.1 Å². The fourth-order valence-electron chi connectivity index (χ4n) is 3.36. The number of likely N-dealkylation sites (tertiary alicyclic amines) is 1. The van der Waals surface area contributed by atoms with E-state index in [-0.39, 0.29) is 12.8 Å². The predicted octanol–water partition coefficient (Wildman–Crippen LogP) is -1.26. The zero-order valence-electron chi connectivity index (χ0n) is 18.4. The summed E-state index contributed by atoms with van der Waals surface area (Å²) in [5, 5.41) is 14.5. The number of carbonyl (C=O) groups is 5. The van der Waals surface area contributed by atoms with Crippen LogP contribution in [0.3, 0.4) is 0 Å². The third-order valence-electron chi connectivity index (χ3n) is 5.05. The van der Waals surface area contributed by atoms with Crippen molar-refractivity contribution in [2.45, 2.75) is 56.3 Å². The van der Waals surface area contributed by atoms with Gasteiger partial charge in [0.15, 0.2) is 0 Å². The number of rotatable bonds is 14. The maximum absolute atomic E-state index is 12.9. The van der Waals surface area contributed by atoms with Crippen LogP contribution in [0.4, 0.5) is 0 Å². The molecule has 1 heterocycles. The first kappa shape index (κ1) is 28.0. The topological polar surface area (TPSA) is 185 Å². The number of nitrogens with one attached hydrogen (secondary N) is 2. The van der Waals surface area contributed by atoms with Crippen LogP contribution in [0.25, 0.3) is 0 Å². The first-order chi connectivity index (χ1) is 15.1. The standard InChI is InChI=1S/C19H33N5O6S2/c1-31-8-5-12(16(26)23-13(19(29)30)6-9-32-2)22-17(27)14-4-3-7-24(14)18(28)11(20)10-15(21)25/h11-14H,3-10,20H2,1-2H3,(H2,21,25)(H,22,27)(H,23,26)(H,29,30). The number of aliphatic carboxylic acids is 1. The van der Waals surface area contributed by atoms with Gasteiger partial charge in [-0.25, -0.2) is 4.79 Å². The van der Waals surface area contributed by atoms with Crippen LogP contribution in [0.15, 0.2) is 0 Å². The summed E-state index contributed by atoms with van der Waals surface area (Å²) in [6, 6.07) is -3.95. The molecule has 0 aromatic heterocycles. The van der Waals surface area contributed by atoms with Crippen LogP contribution >= 0.6 is 23.5 Å². The molecule has 1 saturated heterocycles. The molecule has 1 fully saturated rings. The summed E-state index contributed by atoms with van der Waals surface area (Å²) in [4.78, 5) is 62.1. The van der Waals surface area contributed by atoms with Gasteiger partial charge in [-0.15, -0.1) is 0 Å². The highest BCUT2D eigenvalue weighted by atomic mass is 32.2. The number of hydrogen-bond acceptors (Lipinski definition) is 8. The molecule has 32 heavy (non-hydrogen) atoms. The van der Waals surface area contributed by atoms with Crippen molar-refractivity contribution in [2.75, 3.05) is 30.6 Å². The Morgan fingerprint density at radius 3 is 2.19 bits per heavy atom. The van der Waals surface area contributed by atoms with Gasteiger partial charge in [-0.3, -0.25) is 19.2 Å². The number of nitrogens with two attached hydrogens (primary N) is 2. The summed E-state index contributed by atoms with van der Waals surface area (Å²) in [7, 11) is 0. The van der Waals surface area contributed by atoms with E-state index in [0.717, 1.165) is 0 Å². The first-order valence-corrected chi connectivity index (χ1v) is 13.1. The maximum Gasteiger partial charge on any atom is 0.326 e. The molecule has 0 radical (unpaired) electrons. The summed E-state index contributed by atoms with van der Waals surface area (Å²) in [6.07, 6.45) is 4.89. The van der Waals surface area contributed by atoms with Crippen molar-refractivity contribution in [1.82, 2.24) is 15.5 Å². The van der Waals surface area contributed by atoms with E-state index >= 15 is 0 Å². The highest BCUT2D eigenvalue weighted by molar-refractivity contribution is 7.98. The van der Waals surface area contributed by atoms with Gasteiger partial charge < -0.3 is 32.1 Å². The fourth-order valence-corrected chi connectivity index (χ4v) is 4.30. The van der Waals surface area contributed by atoms with E-state index in [0.29, 0.717) is 37.3 Å². The average molecular weight is 492 g/mol. The molecule has 4 atom stereocenters. The zero-order valence-corrected chi connectivity index (χ0v) is 20.0. The van der Waals surface area contributed by atoms with E-state index < -0.39 is 53.8 Å². The largest absolute Gasteiger partial charge is 0.480 e. The molecule has 0 aromatic rings. The van der Waals surface area contributed by atoms with Crippen LogP contribution in [0.2, 0.25) is 0 Å². The Labute approximate surface area is 196 Å². The van der Waals surface area contributed by atoms with Gasteiger partial charge in [0.25, 0.3) is 0 Å². The van der Waals surface area contributed by atoms with Gasteiger partial charge >= 0.3 is 5.97 Å². The van der Waals surface area contributed by atoms with E-state index in [2.05, 4.69) is 10.6 Å². The van der Waals surface area contributed by atoms with Gasteiger partial charge in [-0.2, -0.15) is 23.5 Å². The summed E-state index contributed by atoms with van der Waals surface area (Å²) in [6.45, 7) is 0.306. The minimum atomic E-state index is -1.14. The molecule has 0 spiro atoms.